The molecule has 1 unspecified atom stereocenters. The molecule has 0 saturated carbocycles. The van der Waals surface area contributed by atoms with Gasteiger partial charge in [-0.25, -0.2) is 0 Å². The summed E-state index contributed by atoms with van der Waals surface area (Å²) in [6.45, 7) is 4.69. The van der Waals surface area contributed by atoms with Gasteiger partial charge in [0, 0.05) is 17.5 Å². The van der Waals surface area contributed by atoms with Crippen molar-refractivity contribution >= 4 is 17.5 Å². The van der Waals surface area contributed by atoms with Crippen molar-refractivity contribution in [2.45, 2.75) is 69.8 Å². The summed E-state index contributed by atoms with van der Waals surface area (Å²) in [7, 11) is 0. The van der Waals surface area contributed by atoms with E-state index in [-0.39, 0.29) is 18.5 Å². The second-order valence-corrected chi connectivity index (χ2v) is 11.5. The number of rotatable bonds is 6. The molecule has 13 heteroatoms. The van der Waals surface area contributed by atoms with E-state index in [2.05, 4.69) is 5.32 Å². The standard InChI is InChI=1S/C29H34F3N3O7/c1-3-8-35(4-2)22-15-10-12-9-14-19(17(36)11-13(16-6-5-7-34-16)21(14)29(30,31)32)23(37)18(12)25(39)28(15,42)26(40)20(24(22)38)27(33)41/h11-12,15-16,22,34,36,38-39,42H,3-10H2,1-2H3,(H2,33,41)/t12-,15-,16?,22-,28-/m0/s1. The van der Waals surface area contributed by atoms with Crippen LogP contribution < -0.4 is 11.1 Å². The van der Waals surface area contributed by atoms with Crippen LogP contribution in [-0.4, -0.2) is 74.1 Å². The van der Waals surface area contributed by atoms with E-state index in [1.165, 1.54) is 0 Å². The Morgan fingerprint density at radius 3 is 2.45 bits per heavy atom. The predicted molar refractivity (Wildman–Crippen MR) is 143 cm³/mol. The lowest BCUT2D eigenvalue weighted by molar-refractivity contribution is -0.149. The molecule has 42 heavy (non-hydrogen) atoms. The number of alkyl halides is 3. The third kappa shape index (κ3) is 4.23. The number of phenols is 1. The summed E-state index contributed by atoms with van der Waals surface area (Å²) >= 11 is 0. The number of nitrogens with one attached hydrogen (secondary N) is 1. The Morgan fingerprint density at radius 2 is 1.90 bits per heavy atom. The molecule has 1 aromatic rings. The fraction of sp³-hybridized carbons (Fsp3) is 0.552. The van der Waals surface area contributed by atoms with E-state index in [9.17, 15) is 48.0 Å². The molecular weight excluding hydrogens is 559 g/mol. The molecule has 10 nitrogen and oxygen atoms in total. The van der Waals surface area contributed by atoms with Crippen LogP contribution in [0.4, 0.5) is 13.2 Å². The minimum Gasteiger partial charge on any atom is -0.510 e. The highest BCUT2D eigenvalue weighted by Crippen LogP contribution is 2.54. The highest BCUT2D eigenvalue weighted by Gasteiger charge is 2.64. The lowest BCUT2D eigenvalue weighted by Gasteiger charge is -2.51. The van der Waals surface area contributed by atoms with Crippen molar-refractivity contribution in [1.82, 2.24) is 10.2 Å². The molecule has 1 heterocycles. The smallest absolute Gasteiger partial charge is 0.417 e. The van der Waals surface area contributed by atoms with Crippen LogP contribution in [0, 0.1) is 11.8 Å². The van der Waals surface area contributed by atoms with Crippen LogP contribution >= 0.6 is 0 Å². The summed E-state index contributed by atoms with van der Waals surface area (Å²) in [5, 5.41) is 48.3. The van der Waals surface area contributed by atoms with Gasteiger partial charge in [-0.15, -0.1) is 0 Å². The van der Waals surface area contributed by atoms with Crippen molar-refractivity contribution in [3.8, 4) is 5.75 Å². The lowest BCUT2D eigenvalue weighted by Crippen LogP contribution is -2.64. The Labute approximate surface area is 239 Å². The SMILES string of the molecule is CCCN(CC)[C@@H]1C(O)=C(C(N)=O)C(=O)[C@@]2(O)C(O)=C3C(=O)c4c(O)cc(C5CCCN5)c(C(F)(F)F)c4C[C@H]3C[C@@H]12. The molecular formula is C29H34F3N3O7. The number of Topliss-reactive ketones (excluding diaryl/α,β-unsaturated/α-hetero) is 2. The van der Waals surface area contributed by atoms with E-state index in [0.29, 0.717) is 32.4 Å². The van der Waals surface area contributed by atoms with Crippen LogP contribution in [0.1, 0.15) is 72.6 Å². The minimum atomic E-state index is -4.88. The Balaban J connectivity index is 1.74. The molecule has 228 valence electrons. The zero-order valence-corrected chi connectivity index (χ0v) is 23.2. The average molecular weight is 594 g/mol. The number of carbonyl (C=O) groups is 3. The number of phenolic OH excluding ortho intramolecular Hbond substituents is 1. The van der Waals surface area contributed by atoms with Gasteiger partial charge in [0.25, 0.3) is 5.91 Å². The topological polar surface area (TPSA) is 173 Å². The Kier molecular flexibility index (Phi) is 7.43. The highest BCUT2D eigenvalue weighted by atomic mass is 19.4. The number of aliphatic hydroxyl groups excluding tert-OH is 2. The molecule has 1 fully saturated rings. The third-order valence-electron chi connectivity index (χ3n) is 9.23. The van der Waals surface area contributed by atoms with Crippen LogP contribution in [0.15, 0.2) is 28.7 Å². The van der Waals surface area contributed by atoms with E-state index in [0.717, 1.165) is 6.07 Å². The number of ketones is 2. The molecule has 1 amide bonds. The number of nitrogens with two attached hydrogens (primary N) is 1. The van der Waals surface area contributed by atoms with Crippen molar-refractivity contribution in [3.05, 3.63) is 51.0 Å². The minimum absolute atomic E-state index is 0.175. The highest BCUT2D eigenvalue weighted by molar-refractivity contribution is 6.24. The normalized spacial score (nSPS) is 29.6. The fourth-order valence-corrected chi connectivity index (χ4v) is 7.52. The summed E-state index contributed by atoms with van der Waals surface area (Å²) in [4.78, 5) is 41.3. The number of allylic oxidation sites excluding steroid dienone is 1. The first-order valence-corrected chi connectivity index (χ1v) is 14.1. The summed E-state index contributed by atoms with van der Waals surface area (Å²) in [5.41, 5.74) is -1.16. The Hall–Kier alpha value is -3.42. The van der Waals surface area contributed by atoms with Gasteiger partial charge in [-0.2, -0.15) is 13.2 Å². The van der Waals surface area contributed by atoms with Gasteiger partial charge in [-0.05, 0) is 74.8 Å². The lowest BCUT2D eigenvalue weighted by atomic mass is 9.58. The maximum atomic E-state index is 14.6. The Morgan fingerprint density at radius 1 is 1.21 bits per heavy atom. The number of amides is 1. The van der Waals surface area contributed by atoms with Gasteiger partial charge in [0.1, 0.15) is 22.8 Å². The number of halogens is 3. The van der Waals surface area contributed by atoms with E-state index < -0.39 is 105 Å². The summed E-state index contributed by atoms with van der Waals surface area (Å²) in [5.74, 6) is -8.82. The van der Waals surface area contributed by atoms with Gasteiger partial charge >= 0.3 is 6.18 Å². The maximum absolute atomic E-state index is 14.6. The molecule has 5 atom stereocenters. The van der Waals surface area contributed by atoms with E-state index in [4.69, 9.17) is 5.73 Å². The molecule has 4 aliphatic rings. The van der Waals surface area contributed by atoms with E-state index >= 15 is 0 Å². The monoisotopic (exact) mass is 593 g/mol. The third-order valence-corrected chi connectivity index (χ3v) is 9.23. The molecule has 0 spiro atoms. The van der Waals surface area contributed by atoms with Gasteiger partial charge < -0.3 is 31.5 Å². The van der Waals surface area contributed by atoms with Gasteiger partial charge in [-0.3, -0.25) is 19.3 Å². The summed E-state index contributed by atoms with van der Waals surface area (Å²) < 4.78 is 43.9. The molecule has 0 aromatic heterocycles. The fourth-order valence-electron chi connectivity index (χ4n) is 7.52. The molecule has 7 N–H and O–H groups in total. The van der Waals surface area contributed by atoms with Gasteiger partial charge in [0.15, 0.2) is 11.4 Å². The van der Waals surface area contributed by atoms with Crippen LogP contribution in [-0.2, 0) is 22.2 Å². The average Bonchev–Trinajstić information content (AvgIpc) is 3.44. The van der Waals surface area contributed by atoms with E-state index in [1.807, 2.05) is 6.92 Å². The van der Waals surface area contributed by atoms with Gasteiger partial charge in [0.2, 0.25) is 5.78 Å². The van der Waals surface area contributed by atoms with E-state index in [1.54, 1.807) is 11.8 Å². The number of likely N-dealkylation sites (N-methyl/N-ethyl adjacent to an activating group) is 1. The first-order valence-electron chi connectivity index (χ1n) is 14.1. The summed E-state index contributed by atoms with van der Waals surface area (Å²) in [6.07, 6.45) is -3.98. The second kappa shape index (κ2) is 10.4. The molecule has 0 radical (unpaired) electrons. The van der Waals surface area contributed by atoms with Crippen molar-refractivity contribution in [2.75, 3.05) is 19.6 Å². The number of hydrogen-bond donors (Lipinski definition) is 6. The number of nitrogens with zero attached hydrogens (tertiary/aromatic N) is 1. The number of benzene rings is 1. The second-order valence-electron chi connectivity index (χ2n) is 11.5. The zero-order chi connectivity index (χ0) is 30.9. The summed E-state index contributed by atoms with van der Waals surface area (Å²) in [6, 6.07) is -0.972. The van der Waals surface area contributed by atoms with Gasteiger partial charge in [0.05, 0.1) is 17.2 Å². The quantitative estimate of drug-likeness (QED) is 0.271. The van der Waals surface area contributed by atoms with Gasteiger partial charge in [-0.1, -0.05) is 13.8 Å². The number of aliphatic hydroxyl groups is 3. The molecule has 1 aliphatic heterocycles. The molecule has 0 bridgehead atoms. The molecule has 1 saturated heterocycles. The van der Waals surface area contributed by atoms with Crippen LogP contribution in [0.25, 0.3) is 0 Å². The van der Waals surface area contributed by atoms with Crippen LogP contribution in [0.5, 0.6) is 5.75 Å². The van der Waals surface area contributed by atoms with Crippen molar-refractivity contribution in [3.63, 3.8) is 0 Å². The van der Waals surface area contributed by atoms with Crippen LogP contribution in [0.3, 0.4) is 0 Å². The number of aromatic hydroxyl groups is 1. The molecule has 5 rings (SSSR count). The number of hydrogen-bond acceptors (Lipinski definition) is 9. The van der Waals surface area contributed by atoms with Crippen molar-refractivity contribution < 1.29 is 48.0 Å². The molecule has 1 aromatic carbocycles. The number of fused-ring (bicyclic) bond motifs is 3. The zero-order valence-electron chi connectivity index (χ0n) is 23.2. The predicted octanol–water partition coefficient (Wildman–Crippen LogP) is 2.73. The Bertz CT molecular complexity index is 1430. The van der Waals surface area contributed by atoms with Crippen molar-refractivity contribution in [2.24, 2.45) is 17.6 Å². The number of primary amides is 1. The van der Waals surface area contributed by atoms with Crippen molar-refractivity contribution in [1.29, 1.82) is 0 Å². The largest absolute Gasteiger partial charge is 0.510 e. The number of carbonyl (C=O) groups excluding carboxylic acids is 3. The first-order chi connectivity index (χ1) is 19.7. The first kappa shape index (κ1) is 30.1. The maximum Gasteiger partial charge on any atom is 0.417 e. The van der Waals surface area contributed by atoms with Crippen LogP contribution in [0.2, 0.25) is 0 Å². The molecule has 3 aliphatic carbocycles.